The Bertz CT molecular complexity index is 2930. The molecule has 7 rings (SSSR count). The topological polar surface area (TPSA) is 411 Å². The van der Waals surface area contributed by atoms with Gasteiger partial charge >= 0.3 is 18.1 Å². The molecule has 90 heavy (non-hydrogen) atoms. The number of nitrogens with one attached hydrogen (secondary N) is 3. The number of hydrogen-bond donors (Lipinski definition) is 13. The van der Waals surface area contributed by atoms with Crippen LogP contribution in [0.4, 0.5) is 15.3 Å². The number of amides is 4. The molecule has 0 radical (unpaired) electrons. The summed E-state index contributed by atoms with van der Waals surface area (Å²) in [5.74, 6) is -14.4. The van der Waals surface area contributed by atoms with Gasteiger partial charge in [-0.25, -0.2) is 9.59 Å². The zero-order chi connectivity index (χ0) is 67.4. The maximum Gasteiger partial charge on any atom is 0.407 e. The molecule has 24 atom stereocenters. The number of carbonyl (C=O) groups is 6. The number of primary amides is 1. The molecular weight excluding hydrogens is 1180 g/mol. The van der Waals surface area contributed by atoms with Crippen LogP contribution in [0.1, 0.15) is 153 Å². The maximum absolute atomic E-state index is 14.5. The third-order valence-electron chi connectivity index (χ3n) is 20.9. The Morgan fingerprint density at radius 2 is 1.41 bits per heavy atom. The summed E-state index contributed by atoms with van der Waals surface area (Å²) in [7, 11) is 1.44. The molecule has 9 unspecified atom stereocenters. The van der Waals surface area contributed by atoms with Crippen molar-refractivity contribution in [2.24, 2.45) is 59.0 Å². The summed E-state index contributed by atoms with van der Waals surface area (Å²) >= 11 is 0. The van der Waals surface area contributed by atoms with Crippen molar-refractivity contribution in [3.63, 3.8) is 0 Å². The number of alkyl carbamates (subject to hydrolysis) is 1. The summed E-state index contributed by atoms with van der Waals surface area (Å²) in [5.41, 5.74) is -6.70. The Labute approximate surface area is 525 Å². The molecule has 4 amide bonds. The highest BCUT2D eigenvalue weighted by Gasteiger charge is 2.66. The van der Waals surface area contributed by atoms with Crippen LogP contribution >= 0.6 is 0 Å². The highest BCUT2D eigenvalue weighted by atomic mass is 16.7. The Balaban J connectivity index is 0.992. The zero-order valence-electron chi connectivity index (χ0n) is 54.4. The van der Waals surface area contributed by atoms with Crippen molar-refractivity contribution in [3.8, 4) is 5.75 Å². The van der Waals surface area contributed by atoms with Crippen molar-refractivity contribution >= 4 is 47.0 Å². The van der Waals surface area contributed by atoms with Gasteiger partial charge in [-0.15, -0.1) is 0 Å². The molecule has 26 heteroatoms. The number of phenols is 1. The van der Waals surface area contributed by atoms with Gasteiger partial charge < -0.3 is 101 Å². The van der Waals surface area contributed by atoms with E-state index in [1.807, 2.05) is 34.6 Å². The number of aromatic hydroxyl groups is 1. The highest BCUT2D eigenvalue weighted by Crippen LogP contribution is 2.58. The number of unbranched alkanes of at least 4 members (excludes halogenated alkanes) is 1. The number of esters is 1. The molecule has 6 aliphatic rings. The minimum absolute atomic E-state index is 0.0440. The second-order valence-electron chi connectivity index (χ2n) is 27.4. The van der Waals surface area contributed by atoms with E-state index in [9.17, 15) is 74.7 Å². The van der Waals surface area contributed by atoms with Crippen molar-refractivity contribution in [2.75, 3.05) is 25.5 Å². The Morgan fingerprint density at radius 1 is 0.778 bits per heavy atom. The number of hydrogen-bond acceptors (Lipinski definition) is 22. The molecule has 0 spiro atoms. The van der Waals surface area contributed by atoms with Crippen molar-refractivity contribution in [1.82, 2.24) is 10.6 Å². The summed E-state index contributed by atoms with van der Waals surface area (Å²) in [6.45, 7) is 23.8. The fourth-order valence-corrected chi connectivity index (χ4v) is 15.0. The van der Waals surface area contributed by atoms with Gasteiger partial charge in [-0.2, -0.15) is 0 Å². The summed E-state index contributed by atoms with van der Waals surface area (Å²) in [5, 5.41) is 114. The second kappa shape index (κ2) is 27.2. The summed E-state index contributed by atoms with van der Waals surface area (Å²) in [6, 6.07) is 1.78. The van der Waals surface area contributed by atoms with Crippen LogP contribution in [0.25, 0.3) is 5.76 Å². The molecule has 14 N–H and O–H groups in total. The third-order valence-corrected chi connectivity index (χ3v) is 20.9. The van der Waals surface area contributed by atoms with Gasteiger partial charge in [0.2, 0.25) is 5.78 Å². The number of nitrogens with two attached hydrogens (primary N) is 1. The lowest BCUT2D eigenvalue weighted by Gasteiger charge is -2.51. The fraction of sp³-hybridized carbons (Fsp3) is 0.750. The molecule has 26 nitrogen and oxygen atoms in total. The van der Waals surface area contributed by atoms with Crippen molar-refractivity contribution in [2.45, 2.75) is 231 Å². The van der Waals surface area contributed by atoms with Crippen molar-refractivity contribution < 1.29 is 108 Å². The van der Waals surface area contributed by atoms with E-state index in [0.717, 1.165) is 0 Å². The quantitative estimate of drug-likeness (QED) is 0.0526. The number of aliphatic hydroxyl groups is 8. The summed E-state index contributed by atoms with van der Waals surface area (Å²) in [6.07, 6.45) is -10.0. The Kier molecular flexibility index (Phi) is 21.7. The average molecular weight is 1280 g/mol. The van der Waals surface area contributed by atoms with Crippen LogP contribution in [0.3, 0.4) is 0 Å². The number of anilines is 1. The van der Waals surface area contributed by atoms with Gasteiger partial charge in [0.1, 0.15) is 46.3 Å². The first kappa shape index (κ1) is 71.9. The first-order chi connectivity index (χ1) is 41.7. The number of phenolic OH excluding ortho intramolecular Hbond substituents is 1. The molecule has 1 aromatic rings. The van der Waals surface area contributed by atoms with Crippen molar-refractivity contribution in [1.29, 1.82) is 0 Å². The van der Waals surface area contributed by atoms with E-state index in [0.29, 0.717) is 19.3 Å². The van der Waals surface area contributed by atoms with Gasteiger partial charge in [0.25, 0.3) is 5.91 Å². The maximum atomic E-state index is 14.5. The van der Waals surface area contributed by atoms with E-state index in [1.54, 1.807) is 41.5 Å². The number of fused-ring (bicyclic) bond motifs is 3. The first-order valence-corrected chi connectivity index (χ1v) is 31.5. The molecule has 1 aromatic carbocycles. The van der Waals surface area contributed by atoms with E-state index in [4.69, 9.17) is 38.9 Å². The number of urea groups is 1. The van der Waals surface area contributed by atoms with Crippen LogP contribution in [0.15, 0.2) is 29.0 Å². The minimum Gasteiger partial charge on any atom is -0.508 e. The normalized spacial score (nSPS) is 42.0. The van der Waals surface area contributed by atoms with E-state index < -0.39 is 188 Å². The predicted octanol–water partition coefficient (Wildman–Crippen LogP) is 4.54. The number of ether oxygens (including phenoxy) is 7. The lowest BCUT2D eigenvalue weighted by Crippen LogP contribution is -2.62. The van der Waals surface area contributed by atoms with Gasteiger partial charge in [0.15, 0.2) is 30.1 Å². The molecule has 506 valence electrons. The van der Waals surface area contributed by atoms with Crippen LogP contribution in [-0.2, 0) is 57.9 Å². The molecule has 3 heterocycles. The van der Waals surface area contributed by atoms with Gasteiger partial charge in [-0.05, 0) is 122 Å². The summed E-state index contributed by atoms with van der Waals surface area (Å²) < 4.78 is 44.3. The number of rotatable bonds is 14. The molecule has 1 saturated carbocycles. The van der Waals surface area contributed by atoms with E-state index in [1.165, 1.54) is 40.0 Å². The van der Waals surface area contributed by atoms with Gasteiger partial charge in [0.05, 0.1) is 58.9 Å². The minimum atomic E-state index is -2.89. The highest BCUT2D eigenvalue weighted by molar-refractivity contribution is 6.23. The monoisotopic (exact) mass is 1270 g/mol. The van der Waals surface area contributed by atoms with Crippen LogP contribution < -0.4 is 21.7 Å². The second-order valence-corrected chi connectivity index (χ2v) is 27.4. The number of carbonyl (C=O) groups excluding carboxylic acids is 6. The zero-order valence-corrected chi connectivity index (χ0v) is 54.4. The van der Waals surface area contributed by atoms with E-state index in [2.05, 4.69) is 16.0 Å². The van der Waals surface area contributed by atoms with Crippen LogP contribution in [0, 0.1) is 53.3 Å². The lowest BCUT2D eigenvalue weighted by atomic mass is 9.53. The smallest absolute Gasteiger partial charge is 0.407 e. The molecule has 3 aliphatic heterocycles. The van der Waals surface area contributed by atoms with E-state index >= 15 is 0 Å². The largest absolute Gasteiger partial charge is 0.508 e. The van der Waals surface area contributed by atoms with Crippen LogP contribution in [0.5, 0.6) is 5.75 Å². The average Bonchev–Trinajstić information content (AvgIpc) is 0.692. The number of aliphatic hydroxyl groups excluding tert-OH is 4. The number of methoxy groups -OCH3 is 1. The van der Waals surface area contributed by atoms with Crippen LogP contribution in [-0.4, -0.2) is 186 Å². The molecule has 0 aromatic heterocycles. The first-order valence-electron chi connectivity index (χ1n) is 31.5. The van der Waals surface area contributed by atoms with Crippen molar-refractivity contribution in [3.05, 3.63) is 40.2 Å². The summed E-state index contributed by atoms with van der Waals surface area (Å²) in [4.78, 5) is 80.6. The number of cyclic esters (lactones) is 1. The molecular formula is C64H98N4O22. The van der Waals surface area contributed by atoms with Crippen LogP contribution in [0.2, 0.25) is 0 Å². The SMILES string of the molecule is CC[C@H]1OC(=O)[C@H](C)[C@@H](OC2CC(C)(OC)C(OC(=O)NCCCCNC(=O)Nc3ccc4c(c3O)C(O)=C3C(=O)[C@]5(O)C(O)=C(C(N)=O)C(=O)[C@@H](C)[C@@H]5C[C@@H]3[C@]4(C)O)C(C)O2)C(C)[C@@H](OC2OC(C)CC(C)C2O)[C@](C)(O)C[C@@H](C)[C@H](C)[C@H](C)[C@@H](O)[C@]1(C)O. The van der Waals surface area contributed by atoms with Gasteiger partial charge in [-0.1, -0.05) is 54.5 Å². The number of benzene rings is 1. The fourth-order valence-electron chi connectivity index (χ4n) is 15.0. The molecule has 0 bridgehead atoms. The predicted molar refractivity (Wildman–Crippen MR) is 322 cm³/mol. The molecule has 3 saturated heterocycles. The molecule has 3 aliphatic carbocycles. The van der Waals surface area contributed by atoms with E-state index in [-0.39, 0.29) is 73.9 Å². The third kappa shape index (κ3) is 13.5. The standard InChI is InChI=1S/C64H98N4O22/c1-16-40-63(14,82)50(73)31(6)30(5)28(3)25-60(11,80)53(89-57-45(69)27(2)23-29(4)85-57)33(8)49(34(9)56(77)87-40)88-41-26-61(12,84-15)54(35(10)86-41)90-59(79)67-22-18-17-21-66-58(78)68-39-20-19-36-42(47(39)71)48(72)43-38(62(36,13)81)24-37-32(7)46(70)44(55(65)76)52(75)64(37,83)51(43)74/h19-20,27-35,37-38,40-41,45,49-50,53-54,57,69,71-73,75,80-83H,16-18,21-26H2,1-15H3,(H2,65,76)(H,67,79)(H2,66,68,78)/t27?,28-,29?,30+,31+,32+,33?,34-,35?,37+,38+,40-,41?,45?,49+,50-,53-,54?,57?,60-,61?,62-,63-,64+/m1/s1. The number of Topliss-reactive ketones (excluding diaryl/α,β-unsaturated/α-hetero) is 2. The molecule has 4 fully saturated rings. The Hall–Kier alpha value is -5.52. The van der Waals surface area contributed by atoms with Gasteiger partial charge in [-0.3, -0.25) is 19.2 Å². The Morgan fingerprint density at radius 3 is 2.02 bits per heavy atom. The van der Waals surface area contributed by atoms with Gasteiger partial charge in [0, 0.05) is 55.9 Å². The number of ketones is 2. The lowest BCUT2D eigenvalue weighted by molar-refractivity contribution is -0.318.